The van der Waals surface area contributed by atoms with Crippen molar-refractivity contribution < 1.29 is 28.6 Å². The topological polar surface area (TPSA) is 78.9 Å². The molecule has 4 heterocycles. The highest BCUT2D eigenvalue weighted by Crippen LogP contribution is 2.50. The molecular formula is C97H138O6S4. The number of thiophene rings is 4. The van der Waals surface area contributed by atoms with E-state index in [1.807, 2.05) is 0 Å². The van der Waals surface area contributed by atoms with E-state index in [1.165, 1.54) is 270 Å². The molecule has 9 aromatic rings. The third kappa shape index (κ3) is 27.4. The van der Waals surface area contributed by atoms with E-state index in [1.54, 1.807) is 45.3 Å². The van der Waals surface area contributed by atoms with Crippen molar-refractivity contribution in [1.29, 1.82) is 0 Å². The van der Waals surface area contributed by atoms with Crippen LogP contribution >= 0.6 is 45.3 Å². The summed E-state index contributed by atoms with van der Waals surface area (Å²) in [5.41, 5.74) is 1.86. The van der Waals surface area contributed by atoms with Gasteiger partial charge in [0.15, 0.2) is 0 Å². The van der Waals surface area contributed by atoms with Crippen LogP contribution in [0.15, 0.2) is 91.0 Å². The molecule has 6 nitrogen and oxygen atoms in total. The second-order valence-electron chi connectivity index (χ2n) is 32.2. The molecule has 0 saturated heterocycles. The van der Waals surface area contributed by atoms with Crippen LogP contribution in [0, 0.1) is 17.8 Å². The summed E-state index contributed by atoms with van der Waals surface area (Å²) in [4.78, 5) is 49.3. The van der Waals surface area contributed by atoms with Gasteiger partial charge in [0, 0.05) is 45.1 Å². The summed E-state index contributed by atoms with van der Waals surface area (Å²) in [6.45, 7) is 15.1. The molecule has 0 fully saturated rings. The Labute approximate surface area is 663 Å². The van der Waals surface area contributed by atoms with Gasteiger partial charge in [0.05, 0.1) is 45.9 Å². The van der Waals surface area contributed by atoms with Crippen LogP contribution in [0.1, 0.15) is 381 Å². The molecule has 10 heteroatoms. The third-order valence-electron chi connectivity index (χ3n) is 23.1. The van der Waals surface area contributed by atoms with Crippen molar-refractivity contribution >= 4 is 125 Å². The Kier molecular flexibility index (Phi) is 39.6. The lowest BCUT2D eigenvalue weighted by Crippen LogP contribution is -2.15. The number of esters is 3. The van der Waals surface area contributed by atoms with Crippen molar-refractivity contribution in [2.45, 2.75) is 350 Å². The Morgan fingerprint density at radius 2 is 0.486 bits per heavy atom. The summed E-state index contributed by atoms with van der Waals surface area (Å²) in [6, 6.07) is 32.2. The maximum atomic E-state index is 15.3. The minimum atomic E-state index is -0.258. The zero-order valence-corrected chi connectivity index (χ0v) is 70.8. The van der Waals surface area contributed by atoms with Crippen LogP contribution in [-0.2, 0) is 14.2 Å². The third-order valence-corrected chi connectivity index (χ3v) is 28.3. The summed E-state index contributed by atoms with van der Waals surface area (Å²) in [5.74, 6) is 0.302. The van der Waals surface area contributed by atoms with E-state index in [-0.39, 0.29) is 17.9 Å². The predicted molar refractivity (Wildman–Crippen MR) is 471 cm³/mol. The second kappa shape index (κ2) is 49.3. The summed E-state index contributed by atoms with van der Waals surface area (Å²) in [6.07, 6.45) is 60.2. The largest absolute Gasteiger partial charge is 0.462 e. The molecule has 9 rings (SSSR count). The van der Waals surface area contributed by atoms with Crippen molar-refractivity contribution in [3.8, 4) is 19.5 Å². The van der Waals surface area contributed by atoms with Crippen molar-refractivity contribution in [3.63, 3.8) is 0 Å². The number of hydrogen-bond donors (Lipinski definition) is 0. The molecule has 107 heavy (non-hydrogen) atoms. The molecular weight excluding hydrogens is 1390 g/mol. The molecule has 0 saturated carbocycles. The minimum absolute atomic E-state index is 0.233. The molecule has 5 aromatic carbocycles. The van der Waals surface area contributed by atoms with Gasteiger partial charge in [-0.3, -0.25) is 0 Å². The Hall–Kier alpha value is -5.13. The number of carbonyl (C=O) groups excluding carboxylic acids is 3. The van der Waals surface area contributed by atoms with Gasteiger partial charge in [-0.15, -0.1) is 45.3 Å². The molecule has 0 spiro atoms. The number of hydrogen-bond acceptors (Lipinski definition) is 10. The van der Waals surface area contributed by atoms with E-state index >= 15 is 4.79 Å². The van der Waals surface area contributed by atoms with Crippen LogP contribution in [0.4, 0.5) is 0 Å². The average Bonchev–Trinajstić information content (AvgIpc) is 1.59. The zero-order chi connectivity index (χ0) is 75.1. The van der Waals surface area contributed by atoms with E-state index in [9.17, 15) is 9.59 Å². The number of carbonyl (C=O) groups is 3. The normalized spacial score (nSPS) is 12.8. The Morgan fingerprint density at radius 3 is 0.785 bits per heavy atom. The van der Waals surface area contributed by atoms with E-state index in [4.69, 9.17) is 14.2 Å². The van der Waals surface area contributed by atoms with Gasteiger partial charge in [0.25, 0.3) is 0 Å². The highest BCUT2D eigenvalue weighted by Gasteiger charge is 2.27. The van der Waals surface area contributed by atoms with Crippen LogP contribution in [0.25, 0.3) is 81.4 Å². The first-order chi connectivity index (χ1) is 52.7. The molecule has 0 aliphatic rings. The Morgan fingerprint density at radius 1 is 0.252 bits per heavy atom. The van der Waals surface area contributed by atoms with Crippen molar-refractivity contribution in [2.75, 3.05) is 19.8 Å². The van der Waals surface area contributed by atoms with Crippen molar-refractivity contribution in [3.05, 3.63) is 108 Å². The summed E-state index contributed by atoms with van der Waals surface area (Å²) >= 11 is 7.00. The lowest BCUT2D eigenvalue weighted by atomic mass is 9.94. The first kappa shape index (κ1) is 85.9. The number of ether oxygens (including phenoxy) is 3. The highest BCUT2D eigenvalue weighted by molar-refractivity contribution is 7.34. The van der Waals surface area contributed by atoms with Crippen LogP contribution in [0.3, 0.4) is 0 Å². The number of fused-ring (bicyclic) bond motifs is 9. The van der Waals surface area contributed by atoms with Gasteiger partial charge >= 0.3 is 17.9 Å². The summed E-state index contributed by atoms with van der Waals surface area (Å²) in [7, 11) is 0. The Balaban J connectivity index is 1.04. The van der Waals surface area contributed by atoms with Gasteiger partial charge in [-0.25, -0.2) is 14.4 Å². The maximum Gasteiger partial charge on any atom is 0.338 e. The fraction of sp³-hybridized carbons (Fsp3) is 0.619. The average molecular weight is 1530 g/mol. The van der Waals surface area contributed by atoms with Crippen molar-refractivity contribution in [2.24, 2.45) is 17.8 Å². The molecule has 0 aliphatic heterocycles. The van der Waals surface area contributed by atoms with Gasteiger partial charge in [0.1, 0.15) is 0 Å². The monoisotopic (exact) mass is 1530 g/mol. The van der Waals surface area contributed by atoms with Crippen molar-refractivity contribution in [1.82, 2.24) is 0 Å². The fourth-order valence-electron chi connectivity index (χ4n) is 16.5. The molecule has 0 radical (unpaired) electrons. The molecule has 3 atom stereocenters. The highest BCUT2D eigenvalue weighted by atomic mass is 32.1. The number of unbranched alkanes of at least 4 members (excludes halogenated alkanes) is 36. The smallest absolute Gasteiger partial charge is 0.338 e. The van der Waals surface area contributed by atoms with Gasteiger partial charge in [0.2, 0.25) is 0 Å². The predicted octanol–water partition coefficient (Wildman–Crippen LogP) is 33.3. The molecule has 4 aromatic heterocycles. The minimum Gasteiger partial charge on any atom is -0.462 e. The molecule has 0 N–H and O–H groups in total. The van der Waals surface area contributed by atoms with E-state index in [0.717, 1.165) is 120 Å². The van der Waals surface area contributed by atoms with Crippen LogP contribution in [0.5, 0.6) is 0 Å². The first-order valence-electron chi connectivity index (χ1n) is 44.1. The summed E-state index contributed by atoms with van der Waals surface area (Å²) < 4.78 is 24.0. The Bertz CT molecular complexity index is 4030. The molecule has 0 amide bonds. The fourth-order valence-corrected chi connectivity index (χ4v) is 21.5. The second-order valence-corrected chi connectivity index (χ2v) is 36.4. The lowest BCUT2D eigenvalue weighted by molar-refractivity contribution is 0.0416. The van der Waals surface area contributed by atoms with Gasteiger partial charge in [-0.05, 0) is 126 Å². The van der Waals surface area contributed by atoms with Gasteiger partial charge in [-0.1, -0.05) is 360 Å². The lowest BCUT2D eigenvalue weighted by Gasteiger charge is -2.18. The van der Waals surface area contributed by atoms with Crippen LogP contribution < -0.4 is 0 Å². The van der Waals surface area contributed by atoms with Gasteiger partial charge in [-0.2, -0.15) is 0 Å². The van der Waals surface area contributed by atoms with E-state index < -0.39 is 0 Å². The SMILES string of the molecule is CCCCCCCCCCC(CCCCCCCC)COC(=O)c1cc2ccccc2c2sc(-c3cc4cc(C(=O)OCC(CCCCCCCC)CCCCCCCCCC)c5cc(-c6cc7c(C(=O)OCC(CCCCCCCC)CCCCCCCCCC)cc8ccccc8c7s6)sc5c4s3)cc12. The number of benzene rings is 5. The molecule has 0 bridgehead atoms. The van der Waals surface area contributed by atoms with Crippen LogP contribution in [0.2, 0.25) is 0 Å². The number of rotatable bonds is 59. The standard InChI is InChI=1S/C97H138O6S4/c1-7-13-19-25-31-34-40-46-56-73(53-43-37-28-22-16-10-4)70-101-95(98)84-63-76-59-49-51-61-79(76)92-81(84)67-88(105-92)87-66-78-65-86(97(100)103-72-75(55-45-39-30-24-18-12-6)58-48-42-36-33-27-21-15-9-3)83-69-90(107-94(83)91(78)104-87)89-68-82-85(64-77-60-50-52-62-80(77)93(82)106-89)96(99)102-71-74(54-44-38-29-23-17-11-5)57-47-41-35-32-26-20-14-8-2/h49-52,59-69,73-75H,7-48,53-58,70-72H2,1-6H3. The maximum absolute atomic E-state index is 15.3. The zero-order valence-electron chi connectivity index (χ0n) is 67.5. The van der Waals surface area contributed by atoms with Gasteiger partial charge < -0.3 is 14.2 Å². The van der Waals surface area contributed by atoms with E-state index in [2.05, 4.69) is 133 Å². The first-order valence-corrected chi connectivity index (χ1v) is 47.4. The molecule has 3 unspecified atom stereocenters. The summed E-state index contributed by atoms with van der Waals surface area (Å²) in [5, 5.41) is 8.11. The molecule has 586 valence electrons. The quantitative estimate of drug-likeness (QED) is 0.0215. The van der Waals surface area contributed by atoms with E-state index in [0.29, 0.717) is 54.3 Å². The van der Waals surface area contributed by atoms with Crippen LogP contribution in [-0.4, -0.2) is 37.7 Å². The molecule has 0 aliphatic carbocycles.